The fourth-order valence-electron chi connectivity index (χ4n) is 4.02. The Kier molecular flexibility index (Phi) is 9.73. The molecule has 4 atom stereocenters. The SMILES string of the molecule is COC(=O)CCCC=CC[C@H]1C(=O)C[C@@H](O)[C@@H]1C=CC[C@](C)(O)C=CC1=CCCC1. The number of esters is 1. The van der Waals surface area contributed by atoms with Gasteiger partial charge in [-0.2, -0.15) is 0 Å². The summed E-state index contributed by atoms with van der Waals surface area (Å²) in [4.78, 5) is 23.4. The minimum atomic E-state index is -0.956. The smallest absolute Gasteiger partial charge is 0.305 e. The Balaban J connectivity index is 1.84. The molecule has 0 spiro atoms. The summed E-state index contributed by atoms with van der Waals surface area (Å²) in [6, 6.07) is 0. The van der Waals surface area contributed by atoms with Crippen LogP contribution in [-0.2, 0) is 14.3 Å². The van der Waals surface area contributed by atoms with E-state index in [4.69, 9.17) is 0 Å². The van der Waals surface area contributed by atoms with Gasteiger partial charge in [-0.3, -0.25) is 9.59 Å². The van der Waals surface area contributed by atoms with Crippen molar-refractivity contribution < 1.29 is 24.5 Å². The third-order valence-corrected chi connectivity index (χ3v) is 5.89. The molecular formula is C25H36O5. The molecule has 0 amide bonds. The topological polar surface area (TPSA) is 83.8 Å². The van der Waals surface area contributed by atoms with E-state index >= 15 is 0 Å². The second-order valence-corrected chi connectivity index (χ2v) is 8.59. The predicted molar refractivity (Wildman–Crippen MR) is 118 cm³/mol. The van der Waals surface area contributed by atoms with Crippen LogP contribution in [0.25, 0.3) is 0 Å². The predicted octanol–water partition coefficient (Wildman–Crippen LogP) is 4.21. The number of rotatable bonds is 11. The molecule has 1 saturated carbocycles. The normalized spacial score (nSPS) is 26.7. The zero-order valence-electron chi connectivity index (χ0n) is 18.3. The van der Waals surface area contributed by atoms with Crippen LogP contribution < -0.4 is 0 Å². The highest BCUT2D eigenvalue weighted by molar-refractivity contribution is 5.84. The van der Waals surface area contributed by atoms with Crippen molar-refractivity contribution in [3.63, 3.8) is 0 Å². The number of hydrogen-bond acceptors (Lipinski definition) is 5. The molecule has 5 nitrogen and oxygen atoms in total. The molecule has 0 heterocycles. The van der Waals surface area contributed by atoms with Crippen LogP contribution in [0, 0.1) is 11.8 Å². The fraction of sp³-hybridized carbons (Fsp3) is 0.600. The van der Waals surface area contributed by atoms with Gasteiger partial charge in [-0.15, -0.1) is 0 Å². The number of ether oxygens (including phenoxy) is 1. The third kappa shape index (κ3) is 8.04. The minimum Gasteiger partial charge on any atom is -0.469 e. The van der Waals surface area contributed by atoms with Gasteiger partial charge in [0.25, 0.3) is 0 Å². The minimum absolute atomic E-state index is 0.0798. The van der Waals surface area contributed by atoms with E-state index < -0.39 is 11.7 Å². The summed E-state index contributed by atoms with van der Waals surface area (Å²) in [6.07, 6.45) is 19.5. The Bertz CT molecular complexity index is 698. The van der Waals surface area contributed by atoms with Gasteiger partial charge in [-0.1, -0.05) is 48.1 Å². The van der Waals surface area contributed by atoms with Crippen LogP contribution in [0.15, 0.2) is 48.1 Å². The number of methoxy groups -OCH3 is 1. The summed E-state index contributed by atoms with van der Waals surface area (Å²) < 4.78 is 4.61. The molecule has 1 fully saturated rings. The van der Waals surface area contributed by atoms with E-state index in [1.807, 2.05) is 36.5 Å². The van der Waals surface area contributed by atoms with E-state index in [9.17, 15) is 19.8 Å². The van der Waals surface area contributed by atoms with Crippen LogP contribution in [0.5, 0.6) is 0 Å². The highest BCUT2D eigenvalue weighted by Gasteiger charge is 2.39. The molecule has 0 aromatic carbocycles. The van der Waals surface area contributed by atoms with Crippen LogP contribution in [0.4, 0.5) is 0 Å². The van der Waals surface area contributed by atoms with Gasteiger partial charge < -0.3 is 14.9 Å². The maximum atomic E-state index is 12.3. The van der Waals surface area contributed by atoms with Gasteiger partial charge in [0.2, 0.25) is 0 Å². The summed E-state index contributed by atoms with van der Waals surface area (Å²) in [5.74, 6) is -0.601. The number of aliphatic hydroxyl groups is 2. The largest absolute Gasteiger partial charge is 0.469 e. The number of hydrogen-bond donors (Lipinski definition) is 2. The molecule has 0 radical (unpaired) electrons. The molecule has 0 unspecified atom stereocenters. The van der Waals surface area contributed by atoms with Crippen molar-refractivity contribution >= 4 is 11.8 Å². The molecule has 0 aromatic rings. The first-order valence-electron chi connectivity index (χ1n) is 11.0. The molecule has 0 bridgehead atoms. The number of unbranched alkanes of at least 4 members (excludes halogenated alkanes) is 1. The molecule has 2 rings (SSSR count). The average molecular weight is 417 g/mol. The van der Waals surface area contributed by atoms with Gasteiger partial charge in [0.15, 0.2) is 0 Å². The van der Waals surface area contributed by atoms with Crippen molar-refractivity contribution in [1.82, 2.24) is 0 Å². The van der Waals surface area contributed by atoms with Crippen molar-refractivity contribution in [2.75, 3.05) is 7.11 Å². The molecule has 30 heavy (non-hydrogen) atoms. The first kappa shape index (κ1) is 24.3. The average Bonchev–Trinajstić information content (AvgIpc) is 3.31. The lowest BCUT2D eigenvalue weighted by atomic mass is 9.89. The van der Waals surface area contributed by atoms with Crippen LogP contribution in [-0.4, -0.2) is 40.8 Å². The van der Waals surface area contributed by atoms with Gasteiger partial charge >= 0.3 is 5.97 Å². The third-order valence-electron chi connectivity index (χ3n) is 5.89. The lowest BCUT2D eigenvalue weighted by Crippen LogP contribution is -2.21. The summed E-state index contributed by atoms with van der Waals surface area (Å²) >= 11 is 0. The van der Waals surface area contributed by atoms with Gasteiger partial charge in [0.1, 0.15) is 5.78 Å². The number of carbonyl (C=O) groups excluding carboxylic acids is 2. The second-order valence-electron chi connectivity index (χ2n) is 8.59. The summed E-state index contributed by atoms with van der Waals surface area (Å²) in [5, 5.41) is 20.9. The lowest BCUT2D eigenvalue weighted by Gasteiger charge is -2.19. The maximum absolute atomic E-state index is 12.3. The number of allylic oxidation sites excluding steroid dienone is 5. The van der Waals surface area contributed by atoms with Crippen molar-refractivity contribution in [3.05, 3.63) is 48.1 Å². The van der Waals surface area contributed by atoms with E-state index in [1.165, 1.54) is 19.1 Å². The second kappa shape index (κ2) is 12.0. The van der Waals surface area contributed by atoms with Crippen molar-refractivity contribution in [2.24, 2.45) is 11.8 Å². The summed E-state index contributed by atoms with van der Waals surface area (Å²) in [6.45, 7) is 1.77. The zero-order valence-corrected chi connectivity index (χ0v) is 18.3. The van der Waals surface area contributed by atoms with Gasteiger partial charge in [-0.25, -0.2) is 0 Å². The molecule has 5 heteroatoms. The van der Waals surface area contributed by atoms with Crippen molar-refractivity contribution in [3.8, 4) is 0 Å². The monoisotopic (exact) mass is 416 g/mol. The van der Waals surface area contributed by atoms with E-state index in [-0.39, 0.29) is 30.0 Å². The zero-order chi connectivity index (χ0) is 22.0. The summed E-state index contributed by atoms with van der Waals surface area (Å²) in [7, 11) is 1.38. The van der Waals surface area contributed by atoms with E-state index in [2.05, 4.69) is 10.8 Å². The number of ketones is 1. The maximum Gasteiger partial charge on any atom is 0.305 e. The van der Waals surface area contributed by atoms with Crippen LogP contribution >= 0.6 is 0 Å². The molecule has 166 valence electrons. The van der Waals surface area contributed by atoms with Crippen LogP contribution in [0.2, 0.25) is 0 Å². The van der Waals surface area contributed by atoms with E-state index in [0.29, 0.717) is 25.7 Å². The molecule has 0 aromatic heterocycles. The van der Waals surface area contributed by atoms with Crippen LogP contribution in [0.3, 0.4) is 0 Å². The Morgan fingerprint density at radius 2 is 2.13 bits per heavy atom. The highest BCUT2D eigenvalue weighted by Crippen LogP contribution is 2.33. The fourth-order valence-corrected chi connectivity index (χ4v) is 4.02. The van der Waals surface area contributed by atoms with Crippen molar-refractivity contribution in [2.45, 2.75) is 76.4 Å². The van der Waals surface area contributed by atoms with Gasteiger partial charge in [0, 0.05) is 24.7 Å². The Morgan fingerprint density at radius 1 is 1.33 bits per heavy atom. The molecule has 2 N–H and O–H groups in total. The Labute approximate surface area is 180 Å². The van der Waals surface area contributed by atoms with Crippen molar-refractivity contribution in [1.29, 1.82) is 0 Å². The molecule has 0 saturated heterocycles. The van der Waals surface area contributed by atoms with E-state index in [1.54, 1.807) is 6.92 Å². The highest BCUT2D eigenvalue weighted by atomic mass is 16.5. The lowest BCUT2D eigenvalue weighted by molar-refractivity contribution is -0.140. The van der Waals surface area contributed by atoms with Gasteiger partial charge in [-0.05, 0) is 51.9 Å². The first-order valence-corrected chi connectivity index (χ1v) is 11.0. The molecule has 2 aliphatic carbocycles. The molecule has 2 aliphatic rings. The van der Waals surface area contributed by atoms with Gasteiger partial charge in [0.05, 0.1) is 18.8 Å². The number of aliphatic hydroxyl groups excluding tert-OH is 1. The Hall–Kier alpha value is -1.98. The standard InChI is InChI=1S/C25H36O5/c1-25(29,17-15-19-10-7-8-11-19)16-9-13-21-20(22(26)18-23(21)27)12-5-3-4-6-14-24(28)30-2/h3,5,9-10,13,15,17,20-21,23,27,29H,4,6-8,11-12,14,16,18H2,1-2H3/t20-,21-,23-,25+/m1/s1. The van der Waals surface area contributed by atoms with Crippen LogP contribution in [0.1, 0.15) is 64.7 Å². The summed E-state index contributed by atoms with van der Waals surface area (Å²) in [5.41, 5.74) is 0.317. The number of Topliss-reactive ketones (excluding diaryl/α,β-unsaturated/α-hetero) is 1. The first-order chi connectivity index (χ1) is 14.3. The molecule has 0 aliphatic heterocycles. The Morgan fingerprint density at radius 3 is 2.83 bits per heavy atom. The number of carbonyl (C=O) groups is 2. The van der Waals surface area contributed by atoms with E-state index in [0.717, 1.165) is 19.3 Å². The quantitative estimate of drug-likeness (QED) is 0.299. The molecular weight excluding hydrogens is 380 g/mol.